The lowest BCUT2D eigenvalue weighted by Gasteiger charge is -2.15. The number of nitro groups is 1. The van der Waals surface area contributed by atoms with Gasteiger partial charge in [-0.15, -0.1) is 0 Å². The number of H-pyrrole nitrogens is 1. The molecule has 0 radical (unpaired) electrons. The number of unbranched alkanes of at least 4 members (excludes halogenated alkanes) is 1. The SMILES string of the molecule is CCCCC(C)Nc1cc2nc[nH]c(=O)c2cc1[N+](=O)[O-]. The molecule has 0 aliphatic rings. The standard InChI is InChI=1S/C14H18N4O3/c1-3-4-5-9(2)17-12-7-11-10(6-13(12)18(20)21)14(19)16-8-15-11/h6-9,17H,3-5H2,1-2H3,(H,15,16,19). The molecule has 0 fully saturated rings. The lowest BCUT2D eigenvalue weighted by Crippen LogP contribution is -2.16. The van der Waals surface area contributed by atoms with Crippen LogP contribution in [-0.2, 0) is 0 Å². The number of nitro benzene ring substituents is 1. The van der Waals surface area contributed by atoms with E-state index in [9.17, 15) is 14.9 Å². The fraction of sp³-hybridized carbons (Fsp3) is 0.429. The minimum atomic E-state index is -0.485. The number of aromatic nitrogens is 2. The van der Waals surface area contributed by atoms with Gasteiger partial charge < -0.3 is 10.3 Å². The summed E-state index contributed by atoms with van der Waals surface area (Å²) in [5.74, 6) is 0. The highest BCUT2D eigenvalue weighted by molar-refractivity contribution is 5.86. The molecular formula is C14H18N4O3. The van der Waals surface area contributed by atoms with Gasteiger partial charge in [-0.05, 0) is 19.4 Å². The zero-order chi connectivity index (χ0) is 15.4. The van der Waals surface area contributed by atoms with Gasteiger partial charge in [-0.25, -0.2) is 4.98 Å². The minimum absolute atomic E-state index is 0.107. The van der Waals surface area contributed by atoms with Crippen LogP contribution >= 0.6 is 0 Å². The van der Waals surface area contributed by atoms with Crippen LogP contribution in [0.3, 0.4) is 0 Å². The molecule has 112 valence electrons. The largest absolute Gasteiger partial charge is 0.377 e. The first-order valence-electron chi connectivity index (χ1n) is 6.95. The summed E-state index contributed by atoms with van der Waals surface area (Å²) in [6.07, 6.45) is 4.34. The van der Waals surface area contributed by atoms with E-state index in [1.807, 2.05) is 6.92 Å². The molecule has 0 aliphatic heterocycles. The van der Waals surface area contributed by atoms with Crippen LogP contribution < -0.4 is 10.9 Å². The van der Waals surface area contributed by atoms with Crippen LogP contribution in [0.1, 0.15) is 33.1 Å². The van der Waals surface area contributed by atoms with E-state index in [1.54, 1.807) is 6.07 Å². The number of nitrogens with one attached hydrogen (secondary N) is 2. The first-order chi connectivity index (χ1) is 10.0. The van der Waals surface area contributed by atoms with Crippen LogP contribution in [0, 0.1) is 10.1 Å². The Morgan fingerprint density at radius 1 is 1.48 bits per heavy atom. The number of rotatable bonds is 6. The highest BCUT2D eigenvalue weighted by Gasteiger charge is 2.18. The van der Waals surface area contributed by atoms with E-state index in [2.05, 4.69) is 22.2 Å². The third-order valence-corrected chi connectivity index (χ3v) is 3.35. The van der Waals surface area contributed by atoms with Gasteiger partial charge in [0.1, 0.15) is 5.69 Å². The molecule has 1 aromatic heterocycles. The average molecular weight is 290 g/mol. The summed E-state index contributed by atoms with van der Waals surface area (Å²) in [5.41, 5.74) is 0.349. The molecule has 7 heteroatoms. The predicted octanol–water partition coefficient (Wildman–Crippen LogP) is 2.82. The molecule has 2 N–H and O–H groups in total. The summed E-state index contributed by atoms with van der Waals surface area (Å²) < 4.78 is 0. The van der Waals surface area contributed by atoms with Gasteiger partial charge in [0, 0.05) is 12.1 Å². The maximum absolute atomic E-state index is 11.7. The second-order valence-electron chi connectivity index (χ2n) is 5.06. The fourth-order valence-corrected chi connectivity index (χ4v) is 2.22. The molecule has 0 saturated heterocycles. The van der Waals surface area contributed by atoms with Crippen molar-refractivity contribution >= 4 is 22.3 Å². The van der Waals surface area contributed by atoms with E-state index in [4.69, 9.17) is 0 Å². The van der Waals surface area contributed by atoms with Crippen molar-refractivity contribution in [2.24, 2.45) is 0 Å². The van der Waals surface area contributed by atoms with Crippen molar-refractivity contribution in [2.75, 3.05) is 5.32 Å². The van der Waals surface area contributed by atoms with Crippen molar-refractivity contribution in [2.45, 2.75) is 39.2 Å². The fourth-order valence-electron chi connectivity index (χ4n) is 2.22. The van der Waals surface area contributed by atoms with Gasteiger partial charge in [-0.2, -0.15) is 0 Å². The molecular weight excluding hydrogens is 272 g/mol. The third kappa shape index (κ3) is 3.36. The molecule has 0 bridgehead atoms. The summed E-state index contributed by atoms with van der Waals surface area (Å²) in [5, 5.41) is 14.6. The molecule has 1 heterocycles. The number of hydrogen-bond donors (Lipinski definition) is 2. The molecule has 0 spiro atoms. The lowest BCUT2D eigenvalue weighted by molar-refractivity contribution is -0.383. The average Bonchev–Trinajstić information content (AvgIpc) is 2.44. The zero-order valence-corrected chi connectivity index (χ0v) is 12.0. The number of fused-ring (bicyclic) bond motifs is 1. The van der Waals surface area contributed by atoms with Crippen molar-refractivity contribution in [1.29, 1.82) is 0 Å². The van der Waals surface area contributed by atoms with Gasteiger partial charge in [-0.1, -0.05) is 19.8 Å². The first-order valence-corrected chi connectivity index (χ1v) is 6.95. The molecule has 1 aromatic carbocycles. The van der Waals surface area contributed by atoms with Gasteiger partial charge in [0.15, 0.2) is 0 Å². The maximum atomic E-state index is 11.7. The van der Waals surface area contributed by atoms with Crippen LogP contribution in [0.25, 0.3) is 10.9 Å². The van der Waals surface area contributed by atoms with Gasteiger partial charge in [0.2, 0.25) is 0 Å². The Labute approximate surface area is 121 Å². The number of anilines is 1. The topological polar surface area (TPSA) is 101 Å². The summed E-state index contributed by atoms with van der Waals surface area (Å²) in [7, 11) is 0. The molecule has 2 rings (SSSR count). The molecule has 1 atom stereocenters. The Balaban J connectivity index is 2.44. The molecule has 0 amide bonds. The summed E-state index contributed by atoms with van der Waals surface area (Å²) in [6, 6.07) is 2.95. The quantitative estimate of drug-likeness (QED) is 0.629. The Kier molecular flexibility index (Phi) is 4.52. The highest BCUT2D eigenvalue weighted by Crippen LogP contribution is 2.28. The van der Waals surface area contributed by atoms with E-state index >= 15 is 0 Å². The third-order valence-electron chi connectivity index (χ3n) is 3.35. The summed E-state index contributed by atoms with van der Waals surface area (Å²) in [4.78, 5) is 28.9. The Morgan fingerprint density at radius 2 is 2.24 bits per heavy atom. The molecule has 0 aliphatic carbocycles. The van der Waals surface area contributed by atoms with Gasteiger partial charge >= 0.3 is 0 Å². The lowest BCUT2D eigenvalue weighted by atomic mass is 10.1. The van der Waals surface area contributed by atoms with E-state index in [1.165, 1.54) is 12.4 Å². The second-order valence-corrected chi connectivity index (χ2v) is 5.06. The van der Waals surface area contributed by atoms with Crippen LogP contribution in [0.2, 0.25) is 0 Å². The minimum Gasteiger partial charge on any atom is -0.377 e. The normalized spacial score (nSPS) is 12.3. The number of nitrogens with zero attached hydrogens (tertiary/aromatic N) is 2. The predicted molar refractivity (Wildman–Crippen MR) is 81.6 cm³/mol. The molecule has 0 saturated carbocycles. The Bertz CT molecular complexity index is 711. The Hall–Kier alpha value is -2.44. The smallest absolute Gasteiger partial charge is 0.293 e. The van der Waals surface area contributed by atoms with Crippen LogP contribution in [0.15, 0.2) is 23.3 Å². The van der Waals surface area contributed by atoms with E-state index in [-0.39, 0.29) is 22.7 Å². The molecule has 7 nitrogen and oxygen atoms in total. The van der Waals surface area contributed by atoms with Gasteiger partial charge in [-0.3, -0.25) is 14.9 Å². The van der Waals surface area contributed by atoms with E-state index in [0.29, 0.717) is 11.2 Å². The van der Waals surface area contributed by atoms with Crippen molar-refractivity contribution in [3.05, 3.63) is 38.9 Å². The molecule has 1 unspecified atom stereocenters. The molecule has 2 aromatic rings. The van der Waals surface area contributed by atoms with Crippen LogP contribution in [0.5, 0.6) is 0 Å². The summed E-state index contributed by atoms with van der Waals surface area (Å²) >= 11 is 0. The maximum Gasteiger partial charge on any atom is 0.293 e. The van der Waals surface area contributed by atoms with Gasteiger partial charge in [0.25, 0.3) is 11.2 Å². The summed E-state index contributed by atoms with van der Waals surface area (Å²) in [6.45, 7) is 4.08. The van der Waals surface area contributed by atoms with Crippen LogP contribution in [-0.4, -0.2) is 20.9 Å². The number of hydrogen-bond acceptors (Lipinski definition) is 5. The van der Waals surface area contributed by atoms with E-state index in [0.717, 1.165) is 19.3 Å². The van der Waals surface area contributed by atoms with Crippen LogP contribution in [0.4, 0.5) is 11.4 Å². The van der Waals surface area contributed by atoms with Crippen molar-refractivity contribution in [3.63, 3.8) is 0 Å². The zero-order valence-electron chi connectivity index (χ0n) is 12.0. The van der Waals surface area contributed by atoms with Crippen molar-refractivity contribution < 1.29 is 4.92 Å². The molecule has 21 heavy (non-hydrogen) atoms. The number of benzene rings is 1. The Morgan fingerprint density at radius 3 is 2.90 bits per heavy atom. The highest BCUT2D eigenvalue weighted by atomic mass is 16.6. The first kappa shape index (κ1) is 15.0. The second kappa shape index (κ2) is 6.34. The van der Waals surface area contributed by atoms with Crippen molar-refractivity contribution in [3.8, 4) is 0 Å². The van der Waals surface area contributed by atoms with Crippen molar-refractivity contribution in [1.82, 2.24) is 9.97 Å². The monoisotopic (exact) mass is 290 g/mol. The van der Waals surface area contributed by atoms with Gasteiger partial charge in [0.05, 0.1) is 22.2 Å². The number of aromatic amines is 1. The van der Waals surface area contributed by atoms with E-state index < -0.39 is 4.92 Å².